The third-order valence-corrected chi connectivity index (χ3v) is 2.75. The van der Waals surface area contributed by atoms with Crippen LogP contribution in [0.5, 0.6) is 0 Å². The van der Waals surface area contributed by atoms with E-state index in [1.54, 1.807) is 31.2 Å². The monoisotopic (exact) mass is 273 g/mol. The molecule has 0 fully saturated rings. The number of nitrogens with zero attached hydrogens (tertiary/aromatic N) is 1. The molecule has 0 saturated heterocycles. The van der Waals surface area contributed by atoms with E-state index in [0.717, 1.165) is 5.39 Å². The quantitative estimate of drug-likeness (QED) is 0.643. The number of aromatic nitrogens is 1. The summed E-state index contributed by atoms with van der Waals surface area (Å²) in [5.41, 5.74) is 6.66. The molecule has 6 heteroatoms. The molecule has 0 atom stereocenters. The van der Waals surface area contributed by atoms with Crippen molar-refractivity contribution in [2.24, 2.45) is 0 Å². The summed E-state index contributed by atoms with van der Waals surface area (Å²) < 4.78 is 4.74. The van der Waals surface area contributed by atoms with E-state index in [4.69, 9.17) is 10.5 Å². The number of fused-ring (bicyclic) bond motifs is 1. The van der Waals surface area contributed by atoms with Gasteiger partial charge in [0.15, 0.2) is 0 Å². The Kier molecular flexibility index (Phi) is 4.14. The maximum Gasteiger partial charge on any atom is 0.325 e. The zero-order valence-electron chi connectivity index (χ0n) is 11.1. The van der Waals surface area contributed by atoms with Gasteiger partial charge in [-0.1, -0.05) is 12.1 Å². The predicted octanol–water partition coefficient (Wildman–Crippen LogP) is 1.11. The molecule has 0 radical (unpaired) electrons. The molecule has 0 aliphatic heterocycles. The summed E-state index contributed by atoms with van der Waals surface area (Å²) in [5, 5.41) is 3.88. The summed E-state index contributed by atoms with van der Waals surface area (Å²) in [4.78, 5) is 27.3. The molecule has 1 amide bonds. The standard InChI is InChI=1S/C14H15N3O3/c1-2-20-12(18)8-17-14(19)13-10-4-3-5-11(15)9(10)6-7-16-13/h3-7H,2,8,15H2,1H3,(H,17,19). The molecule has 2 aromatic rings. The highest BCUT2D eigenvalue weighted by atomic mass is 16.5. The summed E-state index contributed by atoms with van der Waals surface area (Å²) in [6.07, 6.45) is 1.51. The van der Waals surface area contributed by atoms with E-state index in [-0.39, 0.29) is 18.8 Å². The second kappa shape index (κ2) is 6.01. The molecule has 1 heterocycles. The average Bonchev–Trinajstić information content (AvgIpc) is 2.45. The lowest BCUT2D eigenvalue weighted by Crippen LogP contribution is -2.31. The fourth-order valence-electron chi connectivity index (χ4n) is 1.86. The van der Waals surface area contributed by atoms with Crippen molar-refractivity contribution < 1.29 is 14.3 Å². The van der Waals surface area contributed by atoms with Crippen LogP contribution in [0.15, 0.2) is 30.5 Å². The number of nitrogens with one attached hydrogen (secondary N) is 1. The number of hydrogen-bond donors (Lipinski definition) is 2. The Labute approximate surface area is 115 Å². The molecule has 20 heavy (non-hydrogen) atoms. The molecule has 0 bridgehead atoms. The van der Waals surface area contributed by atoms with Gasteiger partial charge < -0.3 is 15.8 Å². The minimum absolute atomic E-state index is 0.187. The normalized spacial score (nSPS) is 10.2. The van der Waals surface area contributed by atoms with Gasteiger partial charge in [0.1, 0.15) is 12.2 Å². The molecule has 2 rings (SSSR count). The minimum atomic E-state index is -0.486. The van der Waals surface area contributed by atoms with Gasteiger partial charge in [-0.05, 0) is 19.1 Å². The molecular weight excluding hydrogens is 258 g/mol. The number of hydrogen-bond acceptors (Lipinski definition) is 5. The van der Waals surface area contributed by atoms with E-state index in [9.17, 15) is 9.59 Å². The summed E-state index contributed by atoms with van der Waals surface area (Å²) in [6, 6.07) is 7.01. The van der Waals surface area contributed by atoms with Crippen molar-refractivity contribution in [2.45, 2.75) is 6.92 Å². The smallest absolute Gasteiger partial charge is 0.325 e. The number of rotatable bonds is 4. The van der Waals surface area contributed by atoms with Gasteiger partial charge in [0, 0.05) is 22.7 Å². The molecule has 6 nitrogen and oxygen atoms in total. The van der Waals surface area contributed by atoms with E-state index in [1.165, 1.54) is 6.20 Å². The van der Waals surface area contributed by atoms with E-state index in [1.807, 2.05) is 0 Å². The first kappa shape index (κ1) is 13.8. The molecule has 3 N–H and O–H groups in total. The van der Waals surface area contributed by atoms with Gasteiger partial charge in [-0.2, -0.15) is 0 Å². The molecule has 0 aliphatic carbocycles. The zero-order chi connectivity index (χ0) is 14.5. The van der Waals surface area contributed by atoms with Crippen molar-refractivity contribution in [3.05, 3.63) is 36.2 Å². The first-order valence-corrected chi connectivity index (χ1v) is 6.20. The third-order valence-electron chi connectivity index (χ3n) is 2.75. The van der Waals surface area contributed by atoms with Crippen molar-refractivity contribution in [1.82, 2.24) is 10.3 Å². The lowest BCUT2D eigenvalue weighted by Gasteiger charge is -2.08. The number of benzene rings is 1. The molecule has 104 valence electrons. The van der Waals surface area contributed by atoms with Crippen LogP contribution in [0.1, 0.15) is 17.4 Å². The van der Waals surface area contributed by atoms with Gasteiger partial charge in [-0.3, -0.25) is 14.6 Å². The van der Waals surface area contributed by atoms with Crippen LogP contribution in [-0.4, -0.2) is 30.0 Å². The van der Waals surface area contributed by atoms with E-state index in [2.05, 4.69) is 10.3 Å². The van der Waals surface area contributed by atoms with Gasteiger partial charge in [0.2, 0.25) is 0 Å². The highest BCUT2D eigenvalue weighted by Gasteiger charge is 2.13. The van der Waals surface area contributed by atoms with E-state index >= 15 is 0 Å². The first-order valence-electron chi connectivity index (χ1n) is 6.20. The number of nitrogen functional groups attached to an aromatic ring is 1. The molecule has 0 aliphatic rings. The predicted molar refractivity (Wildman–Crippen MR) is 75.1 cm³/mol. The number of amides is 1. The van der Waals surface area contributed by atoms with Gasteiger partial charge in [-0.25, -0.2) is 0 Å². The Balaban J connectivity index is 2.22. The number of pyridine rings is 1. The summed E-state index contributed by atoms with van der Waals surface area (Å²) >= 11 is 0. The molecule has 1 aromatic heterocycles. The fourth-order valence-corrected chi connectivity index (χ4v) is 1.86. The number of anilines is 1. The van der Waals surface area contributed by atoms with Gasteiger partial charge in [0.25, 0.3) is 5.91 Å². The second-order valence-corrected chi connectivity index (χ2v) is 4.09. The summed E-state index contributed by atoms with van der Waals surface area (Å²) in [6.45, 7) is 1.79. The molecule has 1 aromatic carbocycles. The van der Waals surface area contributed by atoms with Crippen LogP contribution < -0.4 is 11.1 Å². The van der Waals surface area contributed by atoms with Crippen molar-refractivity contribution in [1.29, 1.82) is 0 Å². The zero-order valence-corrected chi connectivity index (χ0v) is 11.1. The molecular formula is C14H15N3O3. The van der Waals surface area contributed by atoms with Crippen LogP contribution >= 0.6 is 0 Å². The van der Waals surface area contributed by atoms with Crippen LogP contribution in [0, 0.1) is 0 Å². The average molecular weight is 273 g/mol. The van der Waals surface area contributed by atoms with Crippen molar-refractivity contribution >= 4 is 28.3 Å². The maximum absolute atomic E-state index is 12.1. The number of ether oxygens (including phenoxy) is 1. The van der Waals surface area contributed by atoms with Crippen LogP contribution in [-0.2, 0) is 9.53 Å². The van der Waals surface area contributed by atoms with Crippen LogP contribution in [0.4, 0.5) is 5.69 Å². The molecule has 0 unspecified atom stereocenters. The molecule has 0 spiro atoms. The minimum Gasteiger partial charge on any atom is -0.465 e. The van der Waals surface area contributed by atoms with Crippen LogP contribution in [0.3, 0.4) is 0 Å². The Hall–Kier alpha value is -2.63. The lowest BCUT2D eigenvalue weighted by molar-refractivity contribution is -0.141. The third kappa shape index (κ3) is 2.85. The maximum atomic E-state index is 12.1. The summed E-state index contributed by atoms with van der Waals surface area (Å²) in [7, 11) is 0. The van der Waals surface area contributed by atoms with E-state index in [0.29, 0.717) is 11.1 Å². The largest absolute Gasteiger partial charge is 0.465 e. The first-order chi connectivity index (χ1) is 9.63. The van der Waals surface area contributed by atoms with Crippen molar-refractivity contribution in [2.75, 3.05) is 18.9 Å². The number of esters is 1. The number of carbonyl (C=O) groups is 2. The Morgan fingerprint density at radius 1 is 1.30 bits per heavy atom. The fraction of sp³-hybridized carbons (Fsp3) is 0.214. The van der Waals surface area contributed by atoms with E-state index < -0.39 is 11.9 Å². The topological polar surface area (TPSA) is 94.3 Å². The highest BCUT2D eigenvalue weighted by molar-refractivity contribution is 6.08. The number of carbonyl (C=O) groups excluding carboxylic acids is 2. The van der Waals surface area contributed by atoms with Crippen LogP contribution in [0.25, 0.3) is 10.8 Å². The van der Waals surface area contributed by atoms with Crippen LogP contribution in [0.2, 0.25) is 0 Å². The van der Waals surface area contributed by atoms with Gasteiger partial charge in [-0.15, -0.1) is 0 Å². The Bertz CT molecular complexity index is 655. The van der Waals surface area contributed by atoms with Gasteiger partial charge in [0.05, 0.1) is 6.61 Å². The highest BCUT2D eigenvalue weighted by Crippen LogP contribution is 2.22. The summed E-state index contributed by atoms with van der Waals surface area (Å²) in [5.74, 6) is -0.921. The Morgan fingerprint density at radius 2 is 2.10 bits per heavy atom. The van der Waals surface area contributed by atoms with Crippen molar-refractivity contribution in [3.63, 3.8) is 0 Å². The SMILES string of the molecule is CCOC(=O)CNC(=O)c1nccc2c(N)cccc12. The second-order valence-electron chi connectivity index (χ2n) is 4.09. The lowest BCUT2D eigenvalue weighted by atomic mass is 10.1. The van der Waals surface area contributed by atoms with Gasteiger partial charge >= 0.3 is 5.97 Å². The Morgan fingerprint density at radius 3 is 2.85 bits per heavy atom. The molecule has 0 saturated carbocycles. The van der Waals surface area contributed by atoms with Crippen molar-refractivity contribution in [3.8, 4) is 0 Å². The number of nitrogens with two attached hydrogens (primary N) is 1.